The van der Waals surface area contributed by atoms with Gasteiger partial charge in [0.05, 0.1) is 14.2 Å². The lowest BCUT2D eigenvalue weighted by Gasteiger charge is -2.09. The molecule has 0 saturated heterocycles. The van der Waals surface area contributed by atoms with Gasteiger partial charge < -0.3 is 24.1 Å². The third-order valence-electron chi connectivity index (χ3n) is 3.76. The highest BCUT2D eigenvalue weighted by atomic mass is 19.4. The number of ether oxygens (including phenoxy) is 3. The Hall–Kier alpha value is -3.69. The van der Waals surface area contributed by atoms with E-state index in [9.17, 15) is 18.0 Å². The molecule has 0 aliphatic carbocycles. The second-order valence-electron chi connectivity index (χ2n) is 5.67. The molecule has 7 nitrogen and oxygen atoms in total. The van der Waals surface area contributed by atoms with Gasteiger partial charge in [0.2, 0.25) is 0 Å². The number of anilines is 1. The lowest BCUT2D eigenvalue weighted by Crippen LogP contribution is -2.17. The molecule has 1 amide bonds. The molecule has 29 heavy (non-hydrogen) atoms. The number of rotatable bonds is 6. The van der Waals surface area contributed by atoms with Crippen molar-refractivity contribution in [3.63, 3.8) is 0 Å². The highest BCUT2D eigenvalue weighted by Gasteiger charge is 2.31. The van der Waals surface area contributed by atoms with Gasteiger partial charge in [0.1, 0.15) is 5.75 Å². The number of alkyl halides is 3. The average Bonchev–Trinajstić information content (AvgIpc) is 3.18. The molecule has 1 N–H and O–H groups in total. The number of benzene rings is 2. The lowest BCUT2D eigenvalue weighted by atomic mass is 10.1. The number of nitrogens with zero attached hydrogens (tertiary/aromatic N) is 1. The van der Waals surface area contributed by atoms with Gasteiger partial charge in [-0.1, -0.05) is 5.16 Å². The van der Waals surface area contributed by atoms with Gasteiger partial charge in [-0.05, 0) is 42.5 Å². The van der Waals surface area contributed by atoms with E-state index in [0.717, 1.165) is 12.1 Å². The highest BCUT2D eigenvalue weighted by molar-refractivity contribution is 6.03. The first-order valence-corrected chi connectivity index (χ1v) is 8.15. The summed E-state index contributed by atoms with van der Waals surface area (Å²) in [6, 6.07) is 11.2. The Labute approximate surface area is 163 Å². The normalized spacial score (nSPS) is 11.1. The smallest absolute Gasteiger partial charge is 0.493 e. The molecule has 1 heterocycles. The van der Waals surface area contributed by atoms with Crippen molar-refractivity contribution in [3.05, 3.63) is 54.2 Å². The molecule has 152 valence electrons. The maximum atomic E-state index is 12.3. The third-order valence-corrected chi connectivity index (χ3v) is 3.76. The maximum Gasteiger partial charge on any atom is 0.573 e. The van der Waals surface area contributed by atoms with Crippen LogP contribution in [0.25, 0.3) is 11.3 Å². The van der Waals surface area contributed by atoms with Gasteiger partial charge in [0, 0.05) is 17.3 Å². The van der Waals surface area contributed by atoms with Crippen LogP contribution in [-0.2, 0) is 0 Å². The van der Waals surface area contributed by atoms with E-state index < -0.39 is 18.0 Å². The summed E-state index contributed by atoms with van der Waals surface area (Å²) in [5.41, 5.74) is 0.869. The molecular weight excluding hydrogens is 393 g/mol. The molecule has 0 aliphatic heterocycles. The first-order valence-electron chi connectivity index (χ1n) is 8.15. The number of carbonyl (C=O) groups is 1. The summed E-state index contributed by atoms with van der Waals surface area (Å²) in [4.78, 5) is 12.3. The Morgan fingerprint density at radius 2 is 1.69 bits per heavy atom. The van der Waals surface area contributed by atoms with Crippen LogP contribution in [0.2, 0.25) is 0 Å². The Kier molecular flexibility index (Phi) is 5.62. The molecule has 3 rings (SSSR count). The minimum atomic E-state index is -4.79. The first-order chi connectivity index (χ1) is 13.8. The number of nitrogens with one attached hydrogen (secondary N) is 1. The summed E-state index contributed by atoms with van der Waals surface area (Å²) < 4.78 is 55.9. The van der Waals surface area contributed by atoms with Crippen LogP contribution in [0.1, 0.15) is 10.5 Å². The van der Waals surface area contributed by atoms with Gasteiger partial charge in [-0.15, -0.1) is 13.2 Å². The van der Waals surface area contributed by atoms with Crippen molar-refractivity contribution in [2.75, 3.05) is 19.5 Å². The quantitative estimate of drug-likeness (QED) is 0.646. The minimum absolute atomic E-state index is 0.00889. The summed E-state index contributed by atoms with van der Waals surface area (Å²) >= 11 is 0. The minimum Gasteiger partial charge on any atom is -0.493 e. The fraction of sp³-hybridized carbons (Fsp3) is 0.158. The highest BCUT2D eigenvalue weighted by Crippen LogP contribution is 2.32. The Balaban J connectivity index is 1.71. The lowest BCUT2D eigenvalue weighted by molar-refractivity contribution is -0.274. The van der Waals surface area contributed by atoms with Crippen LogP contribution in [0, 0.1) is 0 Å². The molecule has 0 radical (unpaired) electrons. The van der Waals surface area contributed by atoms with E-state index in [1.807, 2.05) is 0 Å². The molecule has 0 spiro atoms. The SMILES string of the molecule is COc1ccc(-c2cc(C(=O)Nc3ccc(OC(F)(F)F)cc3)no2)cc1OC. The van der Waals surface area contributed by atoms with Crippen LogP contribution < -0.4 is 19.5 Å². The Morgan fingerprint density at radius 1 is 1.00 bits per heavy atom. The summed E-state index contributed by atoms with van der Waals surface area (Å²) in [6.07, 6.45) is -4.79. The fourth-order valence-corrected chi connectivity index (χ4v) is 2.44. The van der Waals surface area contributed by atoms with Gasteiger partial charge in [-0.25, -0.2) is 0 Å². The predicted molar refractivity (Wildman–Crippen MR) is 96.1 cm³/mol. The number of aromatic nitrogens is 1. The van der Waals surface area contributed by atoms with Crippen molar-refractivity contribution in [1.29, 1.82) is 0 Å². The van der Waals surface area contributed by atoms with Gasteiger partial charge in [0.15, 0.2) is 23.0 Å². The number of carbonyl (C=O) groups excluding carboxylic acids is 1. The largest absolute Gasteiger partial charge is 0.573 e. The van der Waals surface area contributed by atoms with Crippen LogP contribution >= 0.6 is 0 Å². The molecule has 2 aromatic carbocycles. The number of hydrogen-bond acceptors (Lipinski definition) is 6. The zero-order chi connectivity index (χ0) is 21.0. The van der Waals surface area contributed by atoms with Crippen LogP contribution in [0.15, 0.2) is 53.1 Å². The topological polar surface area (TPSA) is 82.8 Å². The molecule has 10 heteroatoms. The van der Waals surface area contributed by atoms with E-state index in [4.69, 9.17) is 14.0 Å². The van der Waals surface area contributed by atoms with Crippen LogP contribution in [0.5, 0.6) is 17.2 Å². The van der Waals surface area contributed by atoms with Crippen LogP contribution in [0.4, 0.5) is 18.9 Å². The van der Waals surface area contributed by atoms with Crippen molar-refractivity contribution in [3.8, 4) is 28.6 Å². The van der Waals surface area contributed by atoms with E-state index in [1.165, 1.54) is 32.4 Å². The monoisotopic (exact) mass is 408 g/mol. The molecular formula is C19H15F3N2O5. The van der Waals surface area contributed by atoms with E-state index in [0.29, 0.717) is 22.8 Å². The van der Waals surface area contributed by atoms with E-state index in [2.05, 4.69) is 15.2 Å². The second kappa shape index (κ2) is 8.13. The number of halogens is 3. The number of amides is 1. The summed E-state index contributed by atoms with van der Waals surface area (Å²) in [5, 5.41) is 6.23. The zero-order valence-electron chi connectivity index (χ0n) is 15.2. The van der Waals surface area contributed by atoms with Crippen molar-refractivity contribution in [1.82, 2.24) is 5.16 Å². The Morgan fingerprint density at radius 3 is 2.31 bits per heavy atom. The van der Waals surface area contributed by atoms with E-state index in [1.54, 1.807) is 18.2 Å². The molecule has 1 aromatic heterocycles. The van der Waals surface area contributed by atoms with Gasteiger partial charge in [0.25, 0.3) is 5.91 Å². The number of hydrogen-bond donors (Lipinski definition) is 1. The molecule has 0 saturated carbocycles. The maximum absolute atomic E-state index is 12.3. The molecule has 3 aromatic rings. The van der Waals surface area contributed by atoms with Crippen molar-refractivity contribution >= 4 is 11.6 Å². The summed E-state index contributed by atoms with van der Waals surface area (Å²) in [6.45, 7) is 0. The molecule has 0 bridgehead atoms. The standard InChI is InChI=1S/C19H15F3N2O5/c1-26-15-8-3-11(9-17(15)27-2)16-10-14(24-29-16)18(25)23-12-4-6-13(7-5-12)28-19(20,21)22/h3-10H,1-2H3,(H,23,25). The second-order valence-corrected chi connectivity index (χ2v) is 5.67. The molecule has 0 unspecified atom stereocenters. The Bertz CT molecular complexity index is 1000. The van der Waals surface area contributed by atoms with E-state index >= 15 is 0 Å². The van der Waals surface area contributed by atoms with Crippen LogP contribution in [0.3, 0.4) is 0 Å². The van der Waals surface area contributed by atoms with Crippen molar-refractivity contribution < 1.29 is 36.7 Å². The van der Waals surface area contributed by atoms with Gasteiger partial charge in [-0.3, -0.25) is 4.79 Å². The average molecular weight is 408 g/mol. The fourth-order valence-electron chi connectivity index (χ4n) is 2.44. The van der Waals surface area contributed by atoms with Gasteiger partial charge in [-0.2, -0.15) is 0 Å². The third kappa shape index (κ3) is 4.98. The molecule has 0 aliphatic rings. The van der Waals surface area contributed by atoms with Gasteiger partial charge >= 0.3 is 6.36 Å². The zero-order valence-corrected chi connectivity index (χ0v) is 15.2. The number of methoxy groups -OCH3 is 2. The van der Waals surface area contributed by atoms with Crippen molar-refractivity contribution in [2.24, 2.45) is 0 Å². The summed E-state index contributed by atoms with van der Waals surface area (Å²) in [7, 11) is 3.00. The van der Waals surface area contributed by atoms with Crippen LogP contribution in [-0.4, -0.2) is 31.6 Å². The summed E-state index contributed by atoms with van der Waals surface area (Å²) in [5.74, 6) is 0.350. The van der Waals surface area contributed by atoms with E-state index in [-0.39, 0.29) is 11.4 Å². The molecule has 0 fully saturated rings. The first kappa shape index (κ1) is 20.1. The predicted octanol–water partition coefficient (Wildman–Crippen LogP) is 4.51. The van der Waals surface area contributed by atoms with Crippen molar-refractivity contribution in [2.45, 2.75) is 6.36 Å². The molecule has 0 atom stereocenters.